The van der Waals surface area contributed by atoms with Crippen LogP contribution in [0.5, 0.6) is 0 Å². The fraction of sp³-hybridized carbons (Fsp3) is 0.0556. The molecule has 3 aromatic rings. The van der Waals surface area contributed by atoms with Gasteiger partial charge in [0.25, 0.3) is 5.91 Å². The van der Waals surface area contributed by atoms with Crippen molar-refractivity contribution in [2.24, 2.45) is 0 Å². The summed E-state index contributed by atoms with van der Waals surface area (Å²) in [5, 5.41) is 12.2. The Bertz CT molecular complexity index is 824. The van der Waals surface area contributed by atoms with E-state index in [0.717, 1.165) is 5.56 Å². The zero-order valence-electron chi connectivity index (χ0n) is 12.1. The number of aliphatic hydroxyl groups is 1. The van der Waals surface area contributed by atoms with Gasteiger partial charge >= 0.3 is 0 Å². The van der Waals surface area contributed by atoms with Gasteiger partial charge in [0, 0.05) is 11.3 Å². The number of hydrogen-bond acceptors (Lipinski definition) is 3. The maximum Gasteiger partial charge on any atom is 0.257 e. The largest absolute Gasteiger partial charge is 0.459 e. The molecule has 0 unspecified atom stereocenters. The average molecular weight is 328 g/mol. The predicted octanol–water partition coefficient (Wildman–Crippen LogP) is 4.34. The van der Waals surface area contributed by atoms with Crippen LogP contribution in [0.1, 0.15) is 16.1 Å². The maximum atomic E-state index is 12.2. The van der Waals surface area contributed by atoms with Crippen molar-refractivity contribution in [1.82, 2.24) is 0 Å². The van der Waals surface area contributed by atoms with E-state index in [4.69, 9.17) is 21.1 Å². The molecule has 116 valence electrons. The van der Waals surface area contributed by atoms with Crippen LogP contribution in [-0.2, 0) is 6.61 Å². The van der Waals surface area contributed by atoms with Gasteiger partial charge in [-0.15, -0.1) is 0 Å². The zero-order chi connectivity index (χ0) is 16.2. The Morgan fingerprint density at radius 2 is 1.78 bits per heavy atom. The number of aliphatic hydroxyl groups excluding tert-OH is 1. The van der Waals surface area contributed by atoms with Crippen molar-refractivity contribution in [2.75, 3.05) is 5.32 Å². The molecule has 23 heavy (non-hydrogen) atoms. The van der Waals surface area contributed by atoms with Gasteiger partial charge in [-0.2, -0.15) is 0 Å². The second kappa shape index (κ2) is 6.69. The van der Waals surface area contributed by atoms with Crippen molar-refractivity contribution in [1.29, 1.82) is 0 Å². The molecule has 2 N–H and O–H groups in total. The molecule has 1 aromatic heterocycles. The lowest BCUT2D eigenvalue weighted by atomic mass is 10.1. The molecule has 2 aromatic carbocycles. The Kier molecular flexibility index (Phi) is 4.46. The van der Waals surface area contributed by atoms with Crippen LogP contribution >= 0.6 is 11.6 Å². The third-order valence-corrected chi connectivity index (χ3v) is 3.69. The fourth-order valence-corrected chi connectivity index (χ4v) is 2.40. The summed E-state index contributed by atoms with van der Waals surface area (Å²) in [5.41, 5.74) is 1.95. The summed E-state index contributed by atoms with van der Waals surface area (Å²) in [5.74, 6) is 0.915. The zero-order valence-corrected chi connectivity index (χ0v) is 12.9. The van der Waals surface area contributed by atoms with Crippen LogP contribution in [0.4, 0.5) is 5.69 Å². The highest BCUT2D eigenvalue weighted by Gasteiger charge is 2.10. The van der Waals surface area contributed by atoms with Crippen LogP contribution in [0.3, 0.4) is 0 Å². The molecule has 4 nitrogen and oxygen atoms in total. The molecule has 1 amide bonds. The minimum Gasteiger partial charge on any atom is -0.459 e. The normalized spacial score (nSPS) is 10.5. The van der Waals surface area contributed by atoms with E-state index < -0.39 is 0 Å². The summed E-state index contributed by atoms with van der Waals surface area (Å²) >= 11 is 6.01. The minimum absolute atomic E-state index is 0.133. The van der Waals surface area contributed by atoms with Crippen molar-refractivity contribution >= 4 is 23.2 Å². The molecule has 0 aliphatic carbocycles. The van der Waals surface area contributed by atoms with Gasteiger partial charge in [-0.3, -0.25) is 4.79 Å². The monoisotopic (exact) mass is 327 g/mol. The van der Waals surface area contributed by atoms with Crippen molar-refractivity contribution in [2.45, 2.75) is 6.61 Å². The van der Waals surface area contributed by atoms with Gasteiger partial charge in [-0.05, 0) is 48.5 Å². The SMILES string of the molecule is O=C(Nc1ccc(-c2ccc(CO)o2)cc1)c1ccccc1Cl. The maximum absolute atomic E-state index is 12.2. The number of hydrogen-bond donors (Lipinski definition) is 2. The number of halogens is 1. The second-order valence-corrected chi connectivity index (χ2v) is 5.34. The lowest BCUT2D eigenvalue weighted by Crippen LogP contribution is -2.12. The van der Waals surface area contributed by atoms with E-state index in [0.29, 0.717) is 27.8 Å². The van der Waals surface area contributed by atoms with Gasteiger partial charge in [-0.25, -0.2) is 0 Å². The number of carbonyl (C=O) groups is 1. The molecule has 0 atom stereocenters. The van der Waals surface area contributed by atoms with Gasteiger partial charge in [0.15, 0.2) is 0 Å². The standard InChI is InChI=1S/C18H14ClNO3/c19-16-4-2-1-3-15(16)18(22)20-13-7-5-12(6-8-13)17-10-9-14(11-21)23-17/h1-10,21H,11H2,(H,20,22). The van der Waals surface area contributed by atoms with Crippen LogP contribution in [0.25, 0.3) is 11.3 Å². The summed E-state index contributed by atoms with van der Waals surface area (Å²) in [6, 6.07) is 17.6. The molecule has 0 aliphatic rings. The van der Waals surface area contributed by atoms with Crippen LogP contribution in [0, 0.1) is 0 Å². The summed E-state index contributed by atoms with van der Waals surface area (Å²) in [6.45, 7) is -0.133. The van der Waals surface area contributed by atoms with Crippen molar-refractivity contribution in [3.63, 3.8) is 0 Å². The number of benzene rings is 2. The van der Waals surface area contributed by atoms with Gasteiger partial charge in [0.2, 0.25) is 0 Å². The van der Waals surface area contributed by atoms with Crippen LogP contribution < -0.4 is 5.32 Å². The molecule has 1 heterocycles. The molecular formula is C18H14ClNO3. The Balaban J connectivity index is 1.75. The lowest BCUT2D eigenvalue weighted by Gasteiger charge is -2.07. The Morgan fingerprint density at radius 1 is 1.04 bits per heavy atom. The van der Waals surface area contributed by atoms with Crippen molar-refractivity contribution in [3.8, 4) is 11.3 Å². The van der Waals surface area contributed by atoms with E-state index in [-0.39, 0.29) is 12.5 Å². The van der Waals surface area contributed by atoms with Crippen LogP contribution in [0.15, 0.2) is 65.1 Å². The fourth-order valence-electron chi connectivity index (χ4n) is 2.18. The molecule has 0 aliphatic heterocycles. The first kappa shape index (κ1) is 15.3. The first-order chi connectivity index (χ1) is 11.2. The lowest BCUT2D eigenvalue weighted by molar-refractivity contribution is 0.102. The third-order valence-electron chi connectivity index (χ3n) is 3.36. The van der Waals surface area contributed by atoms with E-state index in [1.165, 1.54) is 0 Å². The summed E-state index contributed by atoms with van der Waals surface area (Å²) in [6.07, 6.45) is 0. The highest BCUT2D eigenvalue weighted by molar-refractivity contribution is 6.34. The molecule has 0 bridgehead atoms. The summed E-state index contributed by atoms with van der Waals surface area (Å²) in [7, 11) is 0. The minimum atomic E-state index is -0.260. The van der Waals surface area contributed by atoms with E-state index in [1.54, 1.807) is 48.5 Å². The molecule has 3 rings (SSSR count). The van der Waals surface area contributed by atoms with E-state index >= 15 is 0 Å². The Hall–Kier alpha value is -2.56. The number of nitrogens with one attached hydrogen (secondary N) is 1. The van der Waals surface area contributed by atoms with Gasteiger partial charge < -0.3 is 14.8 Å². The number of rotatable bonds is 4. The van der Waals surface area contributed by atoms with E-state index in [9.17, 15) is 4.79 Å². The van der Waals surface area contributed by atoms with Crippen LogP contribution in [-0.4, -0.2) is 11.0 Å². The Morgan fingerprint density at radius 3 is 2.43 bits per heavy atom. The summed E-state index contributed by atoms with van der Waals surface area (Å²) in [4.78, 5) is 12.2. The number of amides is 1. The molecule has 0 spiro atoms. The van der Waals surface area contributed by atoms with Crippen molar-refractivity contribution in [3.05, 3.63) is 77.0 Å². The van der Waals surface area contributed by atoms with Gasteiger partial charge in [-0.1, -0.05) is 23.7 Å². The molecule has 0 fully saturated rings. The second-order valence-electron chi connectivity index (χ2n) is 4.94. The smallest absolute Gasteiger partial charge is 0.257 e. The number of furan rings is 1. The topological polar surface area (TPSA) is 62.5 Å². The summed E-state index contributed by atoms with van der Waals surface area (Å²) < 4.78 is 5.47. The highest BCUT2D eigenvalue weighted by atomic mass is 35.5. The first-order valence-corrected chi connectivity index (χ1v) is 7.41. The number of anilines is 1. The molecule has 0 saturated carbocycles. The Labute approximate surface area is 138 Å². The number of carbonyl (C=O) groups excluding carboxylic acids is 1. The van der Waals surface area contributed by atoms with Crippen LogP contribution in [0.2, 0.25) is 5.02 Å². The predicted molar refractivity (Wildman–Crippen MR) is 89.5 cm³/mol. The van der Waals surface area contributed by atoms with E-state index in [2.05, 4.69) is 5.32 Å². The highest BCUT2D eigenvalue weighted by Crippen LogP contribution is 2.24. The van der Waals surface area contributed by atoms with Gasteiger partial charge in [0.1, 0.15) is 18.1 Å². The third kappa shape index (κ3) is 3.44. The first-order valence-electron chi connectivity index (χ1n) is 7.03. The van der Waals surface area contributed by atoms with Crippen molar-refractivity contribution < 1.29 is 14.3 Å². The molecular weight excluding hydrogens is 314 g/mol. The molecule has 0 radical (unpaired) electrons. The quantitative estimate of drug-likeness (QED) is 0.749. The van der Waals surface area contributed by atoms with Gasteiger partial charge in [0.05, 0.1) is 10.6 Å². The average Bonchev–Trinajstić information content (AvgIpc) is 3.05. The molecule has 0 saturated heterocycles. The van der Waals surface area contributed by atoms with E-state index in [1.807, 2.05) is 12.1 Å². The molecule has 5 heteroatoms.